The molecule has 3 aromatic rings. The molecule has 12 heteroatoms. The van der Waals surface area contributed by atoms with Gasteiger partial charge < -0.3 is 25.1 Å². The van der Waals surface area contributed by atoms with Crippen molar-refractivity contribution in [2.24, 2.45) is 10.4 Å². The topological polar surface area (TPSA) is 129 Å². The van der Waals surface area contributed by atoms with Crippen molar-refractivity contribution >= 4 is 24.4 Å². The van der Waals surface area contributed by atoms with Crippen LogP contribution in [0.15, 0.2) is 41.5 Å². The molecule has 0 aliphatic carbocycles. The van der Waals surface area contributed by atoms with E-state index >= 15 is 0 Å². The molecular formula is C26H30FN8O3+. The van der Waals surface area contributed by atoms with Gasteiger partial charge in [0, 0.05) is 31.8 Å². The Morgan fingerprint density at radius 1 is 1.21 bits per heavy atom. The molecule has 1 saturated heterocycles. The molecule has 2 aromatic heterocycles. The van der Waals surface area contributed by atoms with Crippen molar-refractivity contribution in [3.05, 3.63) is 48.2 Å². The molecule has 0 saturated carbocycles. The second-order valence-electron chi connectivity index (χ2n) is 9.43. The third kappa shape index (κ3) is 5.60. The summed E-state index contributed by atoms with van der Waals surface area (Å²) in [6, 6.07) is 7.85. The highest BCUT2D eigenvalue weighted by molar-refractivity contribution is 5.82. The van der Waals surface area contributed by atoms with Gasteiger partial charge in [0.2, 0.25) is 18.1 Å². The number of H-pyrrole nitrogens is 1. The Balaban J connectivity index is 1.37. The first-order valence-corrected chi connectivity index (χ1v) is 12.4. The molecule has 38 heavy (non-hydrogen) atoms. The Hall–Kier alpha value is -4.03. The number of ether oxygens (including phenoxy) is 2. The van der Waals surface area contributed by atoms with Gasteiger partial charge >= 0.3 is 0 Å². The normalized spacial score (nSPS) is 20.8. The molecule has 0 spiro atoms. The molecule has 0 bridgehead atoms. The van der Waals surface area contributed by atoms with Gasteiger partial charge in [-0.1, -0.05) is 4.99 Å². The molecule has 1 amide bonds. The number of aromatic nitrogens is 4. The smallest absolute Gasteiger partial charge is 0.281 e. The quantitative estimate of drug-likeness (QED) is 0.291. The first-order chi connectivity index (χ1) is 18.4. The van der Waals surface area contributed by atoms with Gasteiger partial charge in [-0.15, -0.1) is 0 Å². The van der Waals surface area contributed by atoms with E-state index < -0.39 is 11.7 Å². The molecule has 198 valence electrons. The second-order valence-corrected chi connectivity index (χ2v) is 9.43. The number of benzene rings is 1. The summed E-state index contributed by atoms with van der Waals surface area (Å²) in [5, 5.41) is 5.91. The van der Waals surface area contributed by atoms with Crippen LogP contribution in [0.1, 0.15) is 25.5 Å². The lowest BCUT2D eigenvalue weighted by atomic mass is 9.91. The van der Waals surface area contributed by atoms with Crippen molar-refractivity contribution in [2.75, 3.05) is 45.2 Å². The molecule has 0 atom stereocenters. The first-order valence-electron chi connectivity index (χ1n) is 12.4. The maximum absolute atomic E-state index is 13.6. The molecule has 2 aliphatic rings. The van der Waals surface area contributed by atoms with E-state index in [-0.39, 0.29) is 24.9 Å². The minimum absolute atomic E-state index is 0.156. The standard InChI is InChI=1S/C26H29FN8O3/c1-26(24(36)28-2)14-37-23(38-15-26)22-33-20(17-4-6-18(27)7-5-17)21(34-22)19-8-10-31-25(32-19)30-9-3-12-35-13-11-29-16-35/h4-8,10-11,16,23H,3,9,12-15H2,1-2H3,(H2-,28,30,31,32,33,34,36)/p+1. The van der Waals surface area contributed by atoms with Crippen molar-refractivity contribution in [3.63, 3.8) is 0 Å². The summed E-state index contributed by atoms with van der Waals surface area (Å²) >= 11 is 0. The zero-order valence-electron chi connectivity index (χ0n) is 21.3. The number of hydrogen-bond acceptors (Lipinski definition) is 8. The van der Waals surface area contributed by atoms with Crippen molar-refractivity contribution < 1.29 is 23.2 Å². The Labute approximate surface area is 219 Å². The molecule has 1 aromatic carbocycles. The number of carbonyl (C=O) groups excluding carboxylic acids is 1. The van der Waals surface area contributed by atoms with E-state index in [1.165, 1.54) is 12.1 Å². The Kier molecular flexibility index (Phi) is 7.52. The van der Waals surface area contributed by atoms with Crippen molar-refractivity contribution in [1.82, 2.24) is 25.3 Å². The summed E-state index contributed by atoms with van der Waals surface area (Å²) in [4.78, 5) is 33.4. The number of anilines is 1. The van der Waals surface area contributed by atoms with E-state index in [1.54, 1.807) is 38.4 Å². The van der Waals surface area contributed by atoms with Gasteiger partial charge in [0.15, 0.2) is 12.0 Å². The van der Waals surface area contributed by atoms with Crippen LogP contribution in [0.25, 0.3) is 22.6 Å². The first kappa shape index (κ1) is 25.6. The van der Waals surface area contributed by atoms with Crippen LogP contribution in [0.3, 0.4) is 0 Å². The molecule has 0 radical (unpaired) electrons. The second kappa shape index (κ2) is 11.2. The third-order valence-electron chi connectivity index (χ3n) is 6.41. The van der Waals surface area contributed by atoms with E-state index in [0.717, 1.165) is 19.5 Å². The van der Waals surface area contributed by atoms with E-state index in [1.807, 2.05) is 12.6 Å². The monoisotopic (exact) mass is 521 g/mol. The lowest BCUT2D eigenvalue weighted by molar-refractivity contribution is -0.504. The Morgan fingerprint density at radius 2 is 2.00 bits per heavy atom. The predicted molar refractivity (Wildman–Crippen MR) is 139 cm³/mol. The number of aliphatic imine (C=N–C) groups is 1. The van der Waals surface area contributed by atoms with Gasteiger partial charge in [-0.05, 0) is 37.3 Å². The highest BCUT2D eigenvalue weighted by atomic mass is 19.1. The average molecular weight is 522 g/mol. The summed E-state index contributed by atoms with van der Waals surface area (Å²) in [5.41, 5.74) is 1.70. The van der Waals surface area contributed by atoms with Gasteiger partial charge in [-0.25, -0.2) is 19.3 Å². The van der Waals surface area contributed by atoms with Crippen molar-refractivity contribution in [2.45, 2.75) is 19.6 Å². The van der Waals surface area contributed by atoms with Crippen LogP contribution in [0.5, 0.6) is 0 Å². The SMILES string of the molecule is CNC(=O)C1(C)COC(c2nc(-c3ccc(F)cc3)c(-c3ccnc(NCCC[N+]4=CN=CC4)n3)[nH]2)OC1. The highest BCUT2D eigenvalue weighted by Crippen LogP contribution is 2.35. The fraction of sp³-hybridized carbons (Fsp3) is 0.385. The maximum Gasteiger partial charge on any atom is 0.281 e. The Bertz CT molecular complexity index is 1350. The number of aromatic amines is 1. The molecule has 3 N–H and O–H groups in total. The van der Waals surface area contributed by atoms with E-state index in [2.05, 4.69) is 35.2 Å². The van der Waals surface area contributed by atoms with E-state index in [9.17, 15) is 9.18 Å². The number of imidazole rings is 1. The van der Waals surface area contributed by atoms with Gasteiger partial charge in [0.1, 0.15) is 12.4 Å². The summed E-state index contributed by atoms with van der Waals surface area (Å²) in [5.74, 6) is 0.411. The van der Waals surface area contributed by atoms with E-state index in [4.69, 9.17) is 14.5 Å². The molecular weight excluding hydrogens is 491 g/mol. The van der Waals surface area contributed by atoms with Gasteiger partial charge in [-0.2, -0.15) is 0 Å². The molecule has 5 rings (SSSR count). The number of nitrogens with one attached hydrogen (secondary N) is 3. The minimum atomic E-state index is -0.800. The molecule has 2 aliphatic heterocycles. The van der Waals surface area contributed by atoms with Crippen LogP contribution in [0.4, 0.5) is 10.3 Å². The zero-order valence-corrected chi connectivity index (χ0v) is 21.3. The number of halogens is 1. The summed E-state index contributed by atoms with van der Waals surface area (Å²) in [6.07, 6.45) is 5.48. The lowest BCUT2D eigenvalue weighted by Crippen LogP contribution is -2.47. The Morgan fingerprint density at radius 3 is 2.71 bits per heavy atom. The van der Waals surface area contributed by atoms with Crippen LogP contribution < -0.4 is 10.6 Å². The van der Waals surface area contributed by atoms with Gasteiger partial charge in [0.05, 0.1) is 42.3 Å². The van der Waals surface area contributed by atoms with Crippen LogP contribution in [0.2, 0.25) is 0 Å². The van der Waals surface area contributed by atoms with Crippen molar-refractivity contribution in [1.29, 1.82) is 0 Å². The number of amides is 1. The van der Waals surface area contributed by atoms with Gasteiger partial charge in [0.25, 0.3) is 6.34 Å². The largest absolute Gasteiger partial charge is 0.359 e. The average Bonchev–Trinajstić information content (AvgIpc) is 3.62. The summed E-state index contributed by atoms with van der Waals surface area (Å²) < 4.78 is 27.6. The van der Waals surface area contributed by atoms with Crippen LogP contribution in [-0.2, 0) is 14.3 Å². The van der Waals surface area contributed by atoms with Crippen LogP contribution in [-0.4, -0.2) is 82.9 Å². The number of nitrogens with zero attached hydrogens (tertiary/aromatic N) is 5. The fourth-order valence-corrected chi connectivity index (χ4v) is 4.26. The molecule has 1 fully saturated rings. The maximum atomic E-state index is 13.6. The van der Waals surface area contributed by atoms with Gasteiger partial charge in [-0.3, -0.25) is 9.37 Å². The highest BCUT2D eigenvalue weighted by Gasteiger charge is 2.40. The fourth-order valence-electron chi connectivity index (χ4n) is 4.26. The predicted octanol–water partition coefficient (Wildman–Crippen LogP) is 2.40. The molecule has 11 nitrogen and oxygen atoms in total. The zero-order chi connectivity index (χ0) is 26.5. The minimum Gasteiger partial charge on any atom is -0.359 e. The van der Waals surface area contributed by atoms with E-state index in [0.29, 0.717) is 41.0 Å². The lowest BCUT2D eigenvalue weighted by Gasteiger charge is -2.34. The van der Waals surface area contributed by atoms with Crippen LogP contribution in [0, 0.1) is 11.2 Å². The van der Waals surface area contributed by atoms with Crippen molar-refractivity contribution in [3.8, 4) is 22.6 Å². The molecule has 0 unspecified atom stereocenters. The summed E-state index contributed by atoms with van der Waals surface area (Å²) in [6.45, 7) is 4.53. The number of carbonyl (C=O) groups is 1. The third-order valence-corrected chi connectivity index (χ3v) is 6.41. The number of hydrogen-bond donors (Lipinski definition) is 3. The number of rotatable bonds is 9. The summed E-state index contributed by atoms with van der Waals surface area (Å²) in [7, 11) is 1.58. The molecule has 4 heterocycles. The van der Waals surface area contributed by atoms with Crippen LogP contribution >= 0.6 is 0 Å².